The molecule has 0 aliphatic carbocycles. The lowest BCUT2D eigenvalue weighted by atomic mass is 10.1. The molecule has 2 rings (SSSR count). The second-order valence-electron chi connectivity index (χ2n) is 6.18. The molecule has 1 aromatic heterocycles. The van der Waals surface area contributed by atoms with Crippen molar-refractivity contribution in [3.8, 4) is 11.5 Å². The lowest BCUT2D eigenvalue weighted by Gasteiger charge is -2.17. The Morgan fingerprint density at radius 2 is 1.96 bits per heavy atom. The first-order chi connectivity index (χ1) is 13.0. The van der Waals surface area contributed by atoms with E-state index >= 15 is 0 Å². The number of benzene rings is 1. The van der Waals surface area contributed by atoms with E-state index in [1.165, 1.54) is 16.7 Å². The van der Waals surface area contributed by atoms with Crippen LogP contribution in [0, 0.1) is 10.1 Å². The predicted molar refractivity (Wildman–Crippen MR) is 106 cm³/mol. The van der Waals surface area contributed by atoms with Gasteiger partial charge in [-0.1, -0.05) is 38.8 Å². The quantitative estimate of drug-likeness (QED) is 0.251. The Bertz CT molecular complexity index is 873. The number of aryl methyl sites for hydroxylation is 1. The van der Waals surface area contributed by atoms with Crippen molar-refractivity contribution in [2.45, 2.75) is 46.1 Å². The van der Waals surface area contributed by atoms with E-state index in [1.807, 2.05) is 6.92 Å². The van der Waals surface area contributed by atoms with Crippen molar-refractivity contribution in [2.75, 3.05) is 13.2 Å². The summed E-state index contributed by atoms with van der Waals surface area (Å²) in [6, 6.07) is 4.43. The molecule has 7 nitrogen and oxygen atoms in total. The zero-order valence-corrected chi connectivity index (χ0v) is 15.9. The van der Waals surface area contributed by atoms with Gasteiger partial charge in [0.05, 0.1) is 17.0 Å². The van der Waals surface area contributed by atoms with Crippen LogP contribution in [0.25, 0.3) is 10.9 Å². The summed E-state index contributed by atoms with van der Waals surface area (Å²) in [4.78, 5) is 23.6. The highest BCUT2D eigenvalue weighted by atomic mass is 16.6. The standard InChI is InChI=1S/C20H26N2O5/c1-4-7-8-9-13-27-18-16-11-10-15(22(24)25)14-17(16)21(6-3)20(23)19(18)26-12-5-2/h5,10-11,14H,2,4,6-9,12-13H2,1,3H3. The number of ether oxygens (including phenoxy) is 2. The molecule has 0 saturated carbocycles. The molecule has 2 aromatic rings. The normalized spacial score (nSPS) is 10.7. The Morgan fingerprint density at radius 3 is 2.59 bits per heavy atom. The summed E-state index contributed by atoms with van der Waals surface area (Å²) < 4.78 is 13.0. The second-order valence-corrected chi connectivity index (χ2v) is 6.18. The molecular weight excluding hydrogens is 348 g/mol. The van der Waals surface area contributed by atoms with Crippen LogP contribution in [0.4, 0.5) is 5.69 Å². The third kappa shape index (κ3) is 4.67. The van der Waals surface area contributed by atoms with Gasteiger partial charge in [-0.2, -0.15) is 0 Å². The first-order valence-electron chi connectivity index (χ1n) is 9.26. The monoisotopic (exact) mass is 374 g/mol. The minimum Gasteiger partial charge on any atom is -0.489 e. The van der Waals surface area contributed by atoms with Gasteiger partial charge in [0.15, 0.2) is 5.75 Å². The maximum absolute atomic E-state index is 12.9. The minimum absolute atomic E-state index is 0.0715. The molecule has 1 aromatic carbocycles. The molecule has 7 heteroatoms. The first-order valence-corrected chi connectivity index (χ1v) is 9.26. The van der Waals surface area contributed by atoms with Crippen LogP contribution >= 0.6 is 0 Å². The zero-order valence-electron chi connectivity index (χ0n) is 15.9. The van der Waals surface area contributed by atoms with Crippen LogP contribution in [-0.2, 0) is 6.54 Å². The van der Waals surface area contributed by atoms with Crippen molar-refractivity contribution < 1.29 is 14.4 Å². The van der Waals surface area contributed by atoms with Crippen molar-refractivity contribution >= 4 is 16.6 Å². The van der Waals surface area contributed by atoms with Crippen LogP contribution in [0.3, 0.4) is 0 Å². The lowest BCUT2D eigenvalue weighted by molar-refractivity contribution is -0.384. The summed E-state index contributed by atoms with van der Waals surface area (Å²) in [5, 5.41) is 11.8. The van der Waals surface area contributed by atoms with Gasteiger partial charge in [-0.15, -0.1) is 0 Å². The van der Waals surface area contributed by atoms with Gasteiger partial charge in [0, 0.05) is 24.1 Å². The fraction of sp³-hybridized carbons (Fsp3) is 0.450. The number of non-ortho nitro benzene ring substituents is 1. The van der Waals surface area contributed by atoms with Crippen LogP contribution in [0.2, 0.25) is 0 Å². The average Bonchev–Trinajstić information content (AvgIpc) is 2.66. The Kier molecular flexibility index (Phi) is 7.40. The zero-order chi connectivity index (χ0) is 19.8. The average molecular weight is 374 g/mol. The number of fused-ring (bicyclic) bond motifs is 1. The number of rotatable bonds is 11. The first kappa shape index (κ1) is 20.5. The molecule has 1 heterocycles. The van der Waals surface area contributed by atoms with Crippen LogP contribution in [0.5, 0.6) is 11.5 Å². The van der Waals surface area contributed by atoms with Crippen LogP contribution < -0.4 is 15.0 Å². The summed E-state index contributed by atoms with van der Waals surface area (Å²) in [6.45, 7) is 8.54. The van der Waals surface area contributed by atoms with Crippen LogP contribution in [-0.4, -0.2) is 22.7 Å². The van der Waals surface area contributed by atoms with E-state index in [4.69, 9.17) is 9.47 Å². The molecule has 0 radical (unpaired) electrons. The number of unbranched alkanes of at least 4 members (excludes halogenated alkanes) is 3. The summed E-state index contributed by atoms with van der Waals surface area (Å²) in [5.74, 6) is 0.460. The third-order valence-corrected chi connectivity index (χ3v) is 4.28. The summed E-state index contributed by atoms with van der Waals surface area (Å²) in [5.41, 5.74) is 0.0277. The molecule has 0 saturated heterocycles. The molecule has 0 unspecified atom stereocenters. The van der Waals surface area contributed by atoms with E-state index in [2.05, 4.69) is 13.5 Å². The van der Waals surface area contributed by atoms with Crippen molar-refractivity contribution in [2.24, 2.45) is 0 Å². The van der Waals surface area contributed by atoms with Gasteiger partial charge in [0.25, 0.3) is 11.2 Å². The predicted octanol–water partition coefficient (Wildman–Crippen LogP) is 4.45. The van der Waals surface area contributed by atoms with Crippen molar-refractivity contribution in [3.63, 3.8) is 0 Å². The fourth-order valence-electron chi connectivity index (χ4n) is 2.93. The van der Waals surface area contributed by atoms with Crippen LogP contribution in [0.1, 0.15) is 39.5 Å². The number of nitro benzene ring substituents is 1. The van der Waals surface area contributed by atoms with E-state index in [0.29, 0.717) is 29.8 Å². The summed E-state index contributed by atoms with van der Waals surface area (Å²) >= 11 is 0. The van der Waals surface area contributed by atoms with E-state index in [0.717, 1.165) is 25.7 Å². The highest BCUT2D eigenvalue weighted by Crippen LogP contribution is 2.35. The summed E-state index contributed by atoms with van der Waals surface area (Å²) in [6.07, 6.45) is 5.69. The van der Waals surface area contributed by atoms with Gasteiger partial charge in [0.1, 0.15) is 6.61 Å². The number of nitrogens with zero attached hydrogens (tertiary/aromatic N) is 2. The largest absolute Gasteiger partial charge is 0.489 e. The van der Waals surface area contributed by atoms with Gasteiger partial charge in [0.2, 0.25) is 5.75 Å². The van der Waals surface area contributed by atoms with Gasteiger partial charge < -0.3 is 14.0 Å². The molecule has 146 valence electrons. The Labute approximate surface area is 158 Å². The molecule has 0 spiro atoms. The topological polar surface area (TPSA) is 83.6 Å². The minimum atomic E-state index is -0.475. The molecule has 0 amide bonds. The molecule has 0 atom stereocenters. The number of hydrogen-bond donors (Lipinski definition) is 0. The maximum Gasteiger partial charge on any atom is 0.297 e. The fourth-order valence-corrected chi connectivity index (χ4v) is 2.93. The van der Waals surface area contributed by atoms with E-state index in [9.17, 15) is 14.9 Å². The van der Waals surface area contributed by atoms with E-state index in [1.54, 1.807) is 12.1 Å². The third-order valence-electron chi connectivity index (χ3n) is 4.28. The maximum atomic E-state index is 12.9. The second kappa shape index (κ2) is 9.75. The number of nitro groups is 1. The molecule has 27 heavy (non-hydrogen) atoms. The van der Waals surface area contributed by atoms with Gasteiger partial charge >= 0.3 is 0 Å². The van der Waals surface area contributed by atoms with Gasteiger partial charge in [-0.05, 0) is 19.4 Å². The molecule has 0 aliphatic heterocycles. The smallest absolute Gasteiger partial charge is 0.297 e. The molecule has 0 fully saturated rings. The van der Waals surface area contributed by atoms with Gasteiger partial charge in [-0.3, -0.25) is 14.9 Å². The van der Waals surface area contributed by atoms with Crippen molar-refractivity contribution in [1.29, 1.82) is 0 Å². The number of aromatic nitrogens is 1. The highest BCUT2D eigenvalue weighted by Gasteiger charge is 2.21. The van der Waals surface area contributed by atoms with Crippen LogP contribution in [0.15, 0.2) is 35.6 Å². The molecular formula is C20H26N2O5. The number of pyridine rings is 1. The van der Waals surface area contributed by atoms with Crippen molar-refractivity contribution in [1.82, 2.24) is 4.57 Å². The molecule has 0 N–H and O–H groups in total. The Balaban J connectivity index is 2.57. The number of hydrogen-bond acceptors (Lipinski definition) is 5. The van der Waals surface area contributed by atoms with E-state index in [-0.39, 0.29) is 23.6 Å². The lowest BCUT2D eigenvalue weighted by Crippen LogP contribution is -2.23. The Hall–Kier alpha value is -2.83. The Morgan fingerprint density at radius 1 is 1.19 bits per heavy atom. The summed E-state index contributed by atoms with van der Waals surface area (Å²) in [7, 11) is 0. The van der Waals surface area contributed by atoms with Gasteiger partial charge in [-0.25, -0.2) is 0 Å². The van der Waals surface area contributed by atoms with E-state index < -0.39 is 4.92 Å². The molecule has 0 bridgehead atoms. The highest BCUT2D eigenvalue weighted by molar-refractivity contribution is 5.89. The van der Waals surface area contributed by atoms with Crippen molar-refractivity contribution in [3.05, 3.63) is 51.3 Å². The molecule has 0 aliphatic rings. The SMILES string of the molecule is C=CCOc1c(OCCCCCC)c2ccc([N+](=O)[O-])cc2n(CC)c1=O.